The van der Waals surface area contributed by atoms with E-state index in [9.17, 15) is 23.3 Å². The first-order chi connectivity index (χ1) is 12.7. The molecule has 144 valence electrons. The first-order valence-electron chi connectivity index (χ1n) is 8.28. The molecule has 0 bridgehead atoms. The minimum atomic E-state index is -4.15. The van der Waals surface area contributed by atoms with E-state index < -0.39 is 32.6 Å². The predicted molar refractivity (Wildman–Crippen MR) is 95.5 cm³/mol. The summed E-state index contributed by atoms with van der Waals surface area (Å²) in [5.74, 6) is -0.687. The molecule has 0 saturated heterocycles. The molecule has 1 atom stereocenters. The van der Waals surface area contributed by atoms with E-state index in [0.717, 1.165) is 6.07 Å². The fourth-order valence-electron chi connectivity index (χ4n) is 3.49. The number of carbonyl (C=O) groups excluding carboxylic acids is 1. The van der Waals surface area contributed by atoms with E-state index in [1.807, 2.05) is 0 Å². The van der Waals surface area contributed by atoms with Crippen molar-refractivity contribution < 1.29 is 18.1 Å². The molecular formula is C16H19N5O5S. The van der Waals surface area contributed by atoms with Crippen LogP contribution in [-0.2, 0) is 16.6 Å². The molecular weight excluding hydrogens is 374 g/mol. The van der Waals surface area contributed by atoms with Crippen molar-refractivity contribution >= 4 is 21.6 Å². The number of rotatable bonds is 4. The van der Waals surface area contributed by atoms with Crippen LogP contribution < -0.4 is 5.73 Å². The summed E-state index contributed by atoms with van der Waals surface area (Å²) in [7, 11) is -4.15. The zero-order chi connectivity index (χ0) is 19.9. The van der Waals surface area contributed by atoms with Gasteiger partial charge in [-0.25, -0.2) is 8.42 Å². The summed E-state index contributed by atoms with van der Waals surface area (Å²) in [5.41, 5.74) is 6.05. The zero-order valence-corrected chi connectivity index (χ0v) is 15.6. The molecule has 0 spiro atoms. The minimum Gasteiger partial charge on any atom is -0.364 e. The number of aryl methyl sites for hydroxylation is 1. The second kappa shape index (κ2) is 6.74. The summed E-state index contributed by atoms with van der Waals surface area (Å²) in [5, 5.41) is 15.5. The molecule has 1 aliphatic heterocycles. The van der Waals surface area contributed by atoms with Crippen LogP contribution in [0.4, 0.5) is 5.69 Å². The largest absolute Gasteiger partial charge is 0.364 e. The van der Waals surface area contributed by atoms with Gasteiger partial charge in [0, 0.05) is 24.7 Å². The van der Waals surface area contributed by atoms with Gasteiger partial charge in [-0.15, -0.1) is 0 Å². The molecule has 0 saturated carbocycles. The second-order valence-electron chi connectivity index (χ2n) is 6.32. The van der Waals surface area contributed by atoms with E-state index in [1.165, 1.54) is 22.5 Å². The van der Waals surface area contributed by atoms with Gasteiger partial charge in [0.2, 0.25) is 0 Å². The van der Waals surface area contributed by atoms with Crippen molar-refractivity contribution in [1.29, 1.82) is 0 Å². The summed E-state index contributed by atoms with van der Waals surface area (Å²) in [4.78, 5) is 21.8. The maximum atomic E-state index is 13.2. The van der Waals surface area contributed by atoms with Crippen molar-refractivity contribution in [2.24, 2.45) is 5.73 Å². The number of para-hydroxylation sites is 1. The number of nitrogens with zero attached hydrogens (tertiary/aromatic N) is 4. The van der Waals surface area contributed by atoms with Crippen LogP contribution >= 0.6 is 0 Å². The Morgan fingerprint density at radius 2 is 2.00 bits per heavy atom. The van der Waals surface area contributed by atoms with Crippen LogP contribution in [0.1, 0.15) is 41.1 Å². The molecule has 0 fully saturated rings. The summed E-state index contributed by atoms with van der Waals surface area (Å²) >= 11 is 0. The summed E-state index contributed by atoms with van der Waals surface area (Å²) in [6.07, 6.45) is 0.441. The third kappa shape index (κ3) is 3.08. The normalized spacial score (nSPS) is 17.9. The lowest BCUT2D eigenvalue weighted by Crippen LogP contribution is -2.34. The first kappa shape index (κ1) is 19.0. The third-order valence-electron chi connectivity index (χ3n) is 4.70. The molecule has 1 unspecified atom stereocenters. The molecule has 0 aliphatic carbocycles. The molecule has 2 heterocycles. The van der Waals surface area contributed by atoms with E-state index in [2.05, 4.69) is 5.10 Å². The number of carbonyl (C=O) groups is 1. The Kier molecular flexibility index (Phi) is 4.74. The monoisotopic (exact) mass is 393 g/mol. The summed E-state index contributed by atoms with van der Waals surface area (Å²) < 4.78 is 29.3. The summed E-state index contributed by atoms with van der Waals surface area (Å²) in [6.45, 7) is 3.92. The van der Waals surface area contributed by atoms with Gasteiger partial charge in [0.05, 0.1) is 16.7 Å². The van der Waals surface area contributed by atoms with E-state index in [0.29, 0.717) is 24.2 Å². The van der Waals surface area contributed by atoms with Crippen LogP contribution in [0.5, 0.6) is 0 Å². The first-order valence-corrected chi connectivity index (χ1v) is 9.72. The molecule has 10 nitrogen and oxygen atoms in total. The van der Waals surface area contributed by atoms with Crippen LogP contribution in [0.25, 0.3) is 0 Å². The Balaban J connectivity index is 2.13. The molecule has 0 radical (unpaired) electrons. The quantitative estimate of drug-likeness (QED) is 0.614. The molecule has 2 aromatic rings. The Bertz CT molecular complexity index is 1030. The van der Waals surface area contributed by atoms with Crippen molar-refractivity contribution in [3.05, 3.63) is 51.3 Å². The van der Waals surface area contributed by atoms with Gasteiger partial charge in [0.25, 0.3) is 21.6 Å². The molecule has 1 aliphatic rings. The average molecular weight is 393 g/mol. The van der Waals surface area contributed by atoms with E-state index in [-0.39, 0.29) is 17.1 Å². The Morgan fingerprint density at radius 1 is 1.33 bits per heavy atom. The van der Waals surface area contributed by atoms with E-state index >= 15 is 0 Å². The molecule has 1 aromatic carbocycles. The molecule has 3 rings (SSSR count). The number of nitrogens with two attached hydrogens (primary N) is 1. The number of fused-ring (bicyclic) bond motifs is 1. The molecule has 27 heavy (non-hydrogen) atoms. The zero-order valence-electron chi connectivity index (χ0n) is 14.8. The van der Waals surface area contributed by atoms with Crippen molar-refractivity contribution in [2.75, 3.05) is 6.54 Å². The number of hydrogen-bond donors (Lipinski definition) is 1. The topological polar surface area (TPSA) is 141 Å². The van der Waals surface area contributed by atoms with E-state index in [4.69, 9.17) is 5.73 Å². The maximum Gasteiger partial charge on any atom is 0.289 e. The number of amides is 1. The number of nitro benzene ring substituents is 1. The Labute approximate surface area is 155 Å². The van der Waals surface area contributed by atoms with Crippen LogP contribution in [0.2, 0.25) is 0 Å². The smallest absolute Gasteiger partial charge is 0.289 e. The lowest BCUT2D eigenvalue weighted by molar-refractivity contribution is -0.387. The number of primary amides is 1. The number of nitro groups is 1. The van der Waals surface area contributed by atoms with Crippen LogP contribution in [-0.4, -0.2) is 39.9 Å². The average Bonchev–Trinajstić information content (AvgIpc) is 2.84. The van der Waals surface area contributed by atoms with Crippen molar-refractivity contribution in [1.82, 2.24) is 14.1 Å². The van der Waals surface area contributed by atoms with Crippen LogP contribution in [0.15, 0.2) is 29.2 Å². The van der Waals surface area contributed by atoms with Gasteiger partial charge in [0.1, 0.15) is 0 Å². The van der Waals surface area contributed by atoms with Gasteiger partial charge in [-0.3, -0.25) is 19.6 Å². The number of aromatic nitrogens is 2. The highest BCUT2D eigenvalue weighted by molar-refractivity contribution is 7.89. The number of sulfonamides is 1. The third-order valence-corrected chi connectivity index (χ3v) is 6.71. The Hall–Kier alpha value is -2.79. The Morgan fingerprint density at radius 3 is 2.63 bits per heavy atom. The fourth-order valence-corrected chi connectivity index (χ4v) is 5.28. The second-order valence-corrected chi connectivity index (χ2v) is 8.18. The fraction of sp³-hybridized carbons (Fsp3) is 0.375. The highest BCUT2D eigenvalue weighted by Crippen LogP contribution is 2.35. The number of hydrogen-bond acceptors (Lipinski definition) is 6. The van der Waals surface area contributed by atoms with Crippen molar-refractivity contribution in [2.45, 2.75) is 37.8 Å². The van der Waals surface area contributed by atoms with Crippen molar-refractivity contribution in [3.63, 3.8) is 0 Å². The lowest BCUT2D eigenvalue weighted by Gasteiger charge is -2.26. The van der Waals surface area contributed by atoms with E-state index in [1.54, 1.807) is 18.5 Å². The minimum absolute atomic E-state index is 0.0989. The highest BCUT2D eigenvalue weighted by atomic mass is 32.2. The molecule has 1 amide bonds. The summed E-state index contributed by atoms with van der Waals surface area (Å²) in [6, 6.07) is 4.59. The molecule has 1 aromatic heterocycles. The molecule has 11 heteroatoms. The van der Waals surface area contributed by atoms with Gasteiger partial charge in [-0.1, -0.05) is 12.1 Å². The van der Waals surface area contributed by atoms with Crippen LogP contribution in [0, 0.1) is 17.0 Å². The highest BCUT2D eigenvalue weighted by Gasteiger charge is 2.38. The standard InChI is InChI=1S/C16H19N5O5S/c1-10-14(16(17)22)18-19-8-5-9-20(11(2)15(10)19)27(25,26)13-7-4-3-6-12(13)21(23)24/h3-4,6-7,11H,5,8-9H2,1-2H3,(H2,17,22). The van der Waals surface area contributed by atoms with Gasteiger partial charge in [0.15, 0.2) is 10.6 Å². The number of benzene rings is 1. The van der Waals surface area contributed by atoms with Crippen LogP contribution in [0.3, 0.4) is 0 Å². The van der Waals surface area contributed by atoms with Gasteiger partial charge in [-0.2, -0.15) is 9.40 Å². The van der Waals surface area contributed by atoms with Gasteiger partial charge >= 0.3 is 0 Å². The van der Waals surface area contributed by atoms with Gasteiger partial charge in [-0.05, 0) is 26.3 Å². The molecule has 2 N–H and O–H groups in total. The maximum absolute atomic E-state index is 13.2. The SMILES string of the molecule is Cc1c(C(N)=O)nn2c1C(C)N(S(=O)(=O)c1ccccc1[N+](=O)[O-])CCC2. The van der Waals surface area contributed by atoms with Crippen molar-refractivity contribution in [3.8, 4) is 0 Å². The van der Waals surface area contributed by atoms with Gasteiger partial charge < -0.3 is 5.73 Å². The predicted octanol–water partition coefficient (Wildman–Crippen LogP) is 1.35. The lowest BCUT2D eigenvalue weighted by atomic mass is 10.1.